The van der Waals surface area contributed by atoms with Gasteiger partial charge in [-0.05, 0) is 24.6 Å². The van der Waals surface area contributed by atoms with Crippen LogP contribution in [0, 0.1) is 0 Å². The quantitative estimate of drug-likeness (QED) is 0.811. The molecule has 0 saturated carbocycles. The van der Waals surface area contributed by atoms with Crippen molar-refractivity contribution in [3.8, 4) is 5.75 Å². The molecule has 0 spiro atoms. The number of benzene rings is 1. The van der Waals surface area contributed by atoms with E-state index in [0.29, 0.717) is 18.1 Å². The van der Waals surface area contributed by atoms with Gasteiger partial charge in [0.1, 0.15) is 10.8 Å². The first kappa shape index (κ1) is 15.4. The Kier molecular flexibility index (Phi) is 5.65. The largest absolute Gasteiger partial charge is 0.483 e. The molecule has 3 N–H and O–H groups in total. The lowest BCUT2D eigenvalue weighted by Gasteiger charge is -2.09. The van der Waals surface area contributed by atoms with Crippen LogP contribution in [0.2, 0.25) is 0 Å². The third kappa shape index (κ3) is 4.51. The number of carbonyl (C=O) groups is 1. The molecule has 0 atom stereocenters. The van der Waals surface area contributed by atoms with Crippen molar-refractivity contribution >= 4 is 22.4 Å². The molecule has 0 bridgehead atoms. The van der Waals surface area contributed by atoms with E-state index in [-0.39, 0.29) is 12.5 Å². The number of nitrogens with zero attached hydrogens (tertiary/aromatic N) is 2. The minimum absolute atomic E-state index is 0.0528. The monoisotopic (exact) mass is 306 g/mol. The summed E-state index contributed by atoms with van der Waals surface area (Å²) in [5.74, 6) is 0.479. The van der Waals surface area contributed by atoms with E-state index in [1.165, 1.54) is 11.3 Å². The standard InChI is InChI=1S/C14H18N4O2S/c1-2-10-5-3-4-6-11(10)20-9-12(19)16-14-18-17-13(21-14)7-8-15/h3-6H,2,7-9,15H2,1H3,(H,16,18,19). The van der Waals surface area contributed by atoms with Crippen molar-refractivity contribution in [3.63, 3.8) is 0 Å². The molecule has 112 valence electrons. The predicted octanol–water partition coefficient (Wildman–Crippen LogP) is 1.62. The molecule has 0 fully saturated rings. The Morgan fingerprint density at radius 3 is 2.95 bits per heavy atom. The van der Waals surface area contributed by atoms with Crippen LogP contribution in [-0.4, -0.2) is 29.3 Å². The van der Waals surface area contributed by atoms with E-state index in [0.717, 1.165) is 22.7 Å². The number of carbonyl (C=O) groups excluding carboxylic acids is 1. The second-order valence-electron chi connectivity index (χ2n) is 4.34. The van der Waals surface area contributed by atoms with Crippen LogP contribution < -0.4 is 15.8 Å². The molecule has 6 nitrogen and oxygen atoms in total. The fourth-order valence-corrected chi connectivity index (χ4v) is 2.54. The number of hydrogen-bond donors (Lipinski definition) is 2. The number of anilines is 1. The Hall–Kier alpha value is -1.99. The number of ether oxygens (including phenoxy) is 1. The Morgan fingerprint density at radius 1 is 1.38 bits per heavy atom. The number of nitrogens with two attached hydrogens (primary N) is 1. The lowest BCUT2D eigenvalue weighted by Crippen LogP contribution is -2.20. The number of para-hydroxylation sites is 1. The van der Waals surface area contributed by atoms with Gasteiger partial charge in [-0.15, -0.1) is 10.2 Å². The molecule has 2 rings (SSSR count). The minimum Gasteiger partial charge on any atom is -0.483 e. The van der Waals surface area contributed by atoms with Gasteiger partial charge in [0.25, 0.3) is 5.91 Å². The SMILES string of the molecule is CCc1ccccc1OCC(=O)Nc1nnc(CCN)s1. The van der Waals surface area contributed by atoms with Gasteiger partial charge >= 0.3 is 0 Å². The van der Waals surface area contributed by atoms with Gasteiger partial charge in [-0.25, -0.2) is 0 Å². The zero-order valence-corrected chi connectivity index (χ0v) is 12.7. The molecule has 1 aromatic carbocycles. The van der Waals surface area contributed by atoms with Gasteiger partial charge in [-0.1, -0.05) is 36.5 Å². The maximum Gasteiger partial charge on any atom is 0.264 e. The van der Waals surface area contributed by atoms with Gasteiger partial charge in [0.05, 0.1) is 0 Å². The first-order valence-corrected chi connectivity index (χ1v) is 7.57. The highest BCUT2D eigenvalue weighted by Gasteiger charge is 2.09. The van der Waals surface area contributed by atoms with Crippen LogP contribution in [0.3, 0.4) is 0 Å². The summed E-state index contributed by atoms with van der Waals surface area (Å²) in [5.41, 5.74) is 6.52. The van der Waals surface area contributed by atoms with Crippen LogP contribution >= 0.6 is 11.3 Å². The third-order valence-electron chi connectivity index (χ3n) is 2.78. The molecule has 21 heavy (non-hydrogen) atoms. The number of nitrogens with one attached hydrogen (secondary N) is 1. The van der Waals surface area contributed by atoms with Crippen molar-refractivity contribution < 1.29 is 9.53 Å². The van der Waals surface area contributed by atoms with E-state index in [1.807, 2.05) is 31.2 Å². The highest BCUT2D eigenvalue weighted by Crippen LogP contribution is 2.19. The summed E-state index contributed by atoms with van der Waals surface area (Å²) >= 11 is 1.33. The molecule has 0 saturated heterocycles. The highest BCUT2D eigenvalue weighted by atomic mass is 32.1. The van der Waals surface area contributed by atoms with E-state index in [9.17, 15) is 4.79 Å². The molecule has 2 aromatic rings. The van der Waals surface area contributed by atoms with E-state index in [2.05, 4.69) is 15.5 Å². The van der Waals surface area contributed by atoms with E-state index in [1.54, 1.807) is 0 Å². The van der Waals surface area contributed by atoms with Crippen LogP contribution in [0.5, 0.6) is 5.75 Å². The minimum atomic E-state index is -0.253. The van der Waals surface area contributed by atoms with Crippen molar-refractivity contribution in [3.05, 3.63) is 34.8 Å². The topological polar surface area (TPSA) is 90.1 Å². The van der Waals surface area contributed by atoms with Gasteiger partial charge < -0.3 is 10.5 Å². The number of hydrogen-bond acceptors (Lipinski definition) is 6. The summed E-state index contributed by atoms with van der Waals surface area (Å²) in [7, 11) is 0. The summed E-state index contributed by atoms with van der Waals surface area (Å²) in [6.07, 6.45) is 1.52. The maximum absolute atomic E-state index is 11.8. The second kappa shape index (κ2) is 7.70. The lowest BCUT2D eigenvalue weighted by atomic mass is 10.1. The van der Waals surface area contributed by atoms with Crippen molar-refractivity contribution in [2.24, 2.45) is 5.73 Å². The second-order valence-corrected chi connectivity index (χ2v) is 5.40. The van der Waals surface area contributed by atoms with Crippen LogP contribution in [0.1, 0.15) is 17.5 Å². The van der Waals surface area contributed by atoms with Crippen molar-refractivity contribution in [2.75, 3.05) is 18.5 Å². The van der Waals surface area contributed by atoms with E-state index < -0.39 is 0 Å². The predicted molar refractivity (Wildman–Crippen MR) is 82.6 cm³/mol. The normalized spacial score (nSPS) is 10.4. The summed E-state index contributed by atoms with van der Waals surface area (Å²) in [5, 5.41) is 11.8. The number of aryl methyl sites for hydroxylation is 1. The van der Waals surface area contributed by atoms with Gasteiger partial charge in [-0.3, -0.25) is 10.1 Å². The molecule has 0 unspecified atom stereocenters. The van der Waals surface area contributed by atoms with Crippen molar-refractivity contribution in [2.45, 2.75) is 19.8 Å². The summed E-state index contributed by atoms with van der Waals surface area (Å²) in [4.78, 5) is 11.8. The Morgan fingerprint density at radius 2 is 2.19 bits per heavy atom. The molecule has 7 heteroatoms. The smallest absolute Gasteiger partial charge is 0.264 e. The number of amides is 1. The van der Waals surface area contributed by atoms with E-state index in [4.69, 9.17) is 10.5 Å². The molecule has 0 aliphatic carbocycles. The highest BCUT2D eigenvalue weighted by molar-refractivity contribution is 7.15. The molecule has 0 aliphatic rings. The van der Waals surface area contributed by atoms with Crippen LogP contribution in [0.15, 0.2) is 24.3 Å². The maximum atomic E-state index is 11.8. The zero-order valence-electron chi connectivity index (χ0n) is 11.8. The van der Waals surface area contributed by atoms with E-state index >= 15 is 0 Å². The average molecular weight is 306 g/mol. The molecule has 1 amide bonds. The number of rotatable bonds is 7. The van der Waals surface area contributed by atoms with Gasteiger partial charge in [-0.2, -0.15) is 0 Å². The summed E-state index contributed by atoms with van der Waals surface area (Å²) in [6, 6.07) is 7.68. The average Bonchev–Trinajstić information content (AvgIpc) is 2.93. The summed E-state index contributed by atoms with van der Waals surface area (Å²) in [6.45, 7) is 2.50. The Bertz CT molecular complexity index is 600. The first-order valence-electron chi connectivity index (χ1n) is 6.76. The van der Waals surface area contributed by atoms with Crippen molar-refractivity contribution in [1.29, 1.82) is 0 Å². The summed E-state index contributed by atoms with van der Waals surface area (Å²) < 4.78 is 5.54. The fraction of sp³-hybridized carbons (Fsp3) is 0.357. The molecular formula is C14H18N4O2S. The Labute approximate surface area is 127 Å². The van der Waals surface area contributed by atoms with Crippen LogP contribution in [0.25, 0.3) is 0 Å². The molecule has 1 aromatic heterocycles. The fourth-order valence-electron chi connectivity index (χ4n) is 1.76. The molecule has 0 aliphatic heterocycles. The van der Waals surface area contributed by atoms with Gasteiger partial charge in [0, 0.05) is 6.42 Å². The third-order valence-corrected chi connectivity index (χ3v) is 3.68. The molecular weight excluding hydrogens is 288 g/mol. The lowest BCUT2D eigenvalue weighted by molar-refractivity contribution is -0.118. The molecule has 0 radical (unpaired) electrons. The zero-order chi connectivity index (χ0) is 15.1. The van der Waals surface area contributed by atoms with Crippen molar-refractivity contribution in [1.82, 2.24) is 10.2 Å². The number of aromatic nitrogens is 2. The van der Waals surface area contributed by atoms with Gasteiger partial charge in [0.2, 0.25) is 5.13 Å². The first-order chi connectivity index (χ1) is 10.2. The Balaban J connectivity index is 1.86. The molecule has 1 heterocycles. The van der Waals surface area contributed by atoms with Gasteiger partial charge in [0.15, 0.2) is 6.61 Å². The van der Waals surface area contributed by atoms with Crippen LogP contribution in [0.4, 0.5) is 5.13 Å². The van der Waals surface area contributed by atoms with Crippen LogP contribution in [-0.2, 0) is 17.6 Å².